The number of hydrazone groups is 1. The van der Waals surface area contributed by atoms with E-state index in [0.29, 0.717) is 10.7 Å². The highest BCUT2D eigenvalue weighted by atomic mass is 35.5. The van der Waals surface area contributed by atoms with Crippen LogP contribution in [0.5, 0.6) is 0 Å². The molecule has 17 heavy (non-hydrogen) atoms. The minimum Gasteiger partial charge on any atom is -0.272 e. The van der Waals surface area contributed by atoms with E-state index in [9.17, 15) is 13.6 Å². The number of hydrogen-bond donors (Lipinski definition) is 0. The maximum Gasteiger partial charge on any atom is 0.278 e. The number of nitrogens with zero attached hydrogens (tertiary/aromatic N) is 2. The number of halogens is 3. The van der Waals surface area contributed by atoms with Crippen molar-refractivity contribution in [3.8, 4) is 0 Å². The van der Waals surface area contributed by atoms with E-state index in [1.54, 1.807) is 12.1 Å². The minimum atomic E-state index is -2.70. The predicted octanol–water partition coefficient (Wildman–Crippen LogP) is 3.01. The zero-order valence-electron chi connectivity index (χ0n) is 8.95. The van der Waals surface area contributed by atoms with Crippen molar-refractivity contribution in [3.63, 3.8) is 0 Å². The van der Waals surface area contributed by atoms with Gasteiger partial charge in [0.05, 0.1) is 12.1 Å². The van der Waals surface area contributed by atoms with Crippen LogP contribution >= 0.6 is 11.6 Å². The number of carbonyl (C=O) groups is 1. The van der Waals surface area contributed by atoms with Crippen molar-refractivity contribution in [2.24, 2.45) is 5.10 Å². The molecule has 1 aliphatic heterocycles. The van der Waals surface area contributed by atoms with Crippen molar-refractivity contribution in [1.29, 1.82) is 0 Å². The van der Waals surface area contributed by atoms with Crippen molar-refractivity contribution >= 4 is 28.9 Å². The Morgan fingerprint density at radius 3 is 2.71 bits per heavy atom. The topological polar surface area (TPSA) is 32.7 Å². The van der Waals surface area contributed by atoms with Crippen LogP contribution in [0.2, 0.25) is 5.02 Å². The minimum absolute atomic E-state index is 0.344. The largest absolute Gasteiger partial charge is 0.278 e. The van der Waals surface area contributed by atoms with Crippen LogP contribution in [0.4, 0.5) is 14.5 Å². The van der Waals surface area contributed by atoms with Gasteiger partial charge < -0.3 is 0 Å². The van der Waals surface area contributed by atoms with E-state index in [-0.39, 0.29) is 6.42 Å². The van der Waals surface area contributed by atoms with Crippen LogP contribution in [-0.4, -0.2) is 18.0 Å². The van der Waals surface area contributed by atoms with Crippen molar-refractivity contribution in [2.75, 3.05) is 5.01 Å². The Labute approximate surface area is 102 Å². The first-order chi connectivity index (χ1) is 7.99. The number of carbonyl (C=O) groups excluding carboxylic acids is 1. The second-order valence-electron chi connectivity index (χ2n) is 3.71. The van der Waals surface area contributed by atoms with Crippen LogP contribution in [0.3, 0.4) is 0 Å². The molecular formula is C11H9ClF2N2O. The van der Waals surface area contributed by atoms with E-state index >= 15 is 0 Å². The zero-order valence-corrected chi connectivity index (χ0v) is 9.71. The fourth-order valence-electron chi connectivity index (χ4n) is 1.49. The maximum atomic E-state index is 12.4. The van der Waals surface area contributed by atoms with E-state index in [2.05, 4.69) is 5.10 Å². The molecule has 1 aromatic rings. The smallest absolute Gasteiger partial charge is 0.272 e. The summed E-state index contributed by atoms with van der Waals surface area (Å²) in [6.07, 6.45) is -3.05. The number of aryl methyl sites for hydroxylation is 1. The van der Waals surface area contributed by atoms with Gasteiger partial charge in [0.25, 0.3) is 12.3 Å². The molecule has 1 aromatic carbocycles. The molecule has 1 aliphatic rings. The summed E-state index contributed by atoms with van der Waals surface area (Å²) in [4.78, 5) is 11.5. The van der Waals surface area contributed by atoms with Gasteiger partial charge in [-0.25, -0.2) is 13.8 Å². The van der Waals surface area contributed by atoms with Gasteiger partial charge in [-0.1, -0.05) is 17.7 Å². The van der Waals surface area contributed by atoms with Gasteiger partial charge in [0.1, 0.15) is 5.71 Å². The molecule has 0 saturated heterocycles. The molecule has 2 rings (SSSR count). The van der Waals surface area contributed by atoms with E-state index in [4.69, 9.17) is 11.6 Å². The van der Waals surface area contributed by atoms with Crippen LogP contribution in [0.1, 0.15) is 12.0 Å². The first-order valence-corrected chi connectivity index (χ1v) is 5.31. The molecule has 6 heteroatoms. The molecule has 0 radical (unpaired) electrons. The second kappa shape index (κ2) is 4.41. The summed E-state index contributed by atoms with van der Waals surface area (Å²) in [5.41, 5.74) is 0.841. The standard InChI is InChI=1S/C11H9ClF2N2O/c1-6-2-3-7(4-8(6)12)16-10(17)5-9(15-16)11(13)14/h2-4,11H,5H2,1H3. The third-order valence-electron chi connectivity index (χ3n) is 2.45. The average Bonchev–Trinajstić information content (AvgIpc) is 2.65. The SMILES string of the molecule is Cc1ccc(N2N=C(C(F)F)CC2=O)cc1Cl. The van der Waals surface area contributed by atoms with Gasteiger partial charge in [-0.2, -0.15) is 5.10 Å². The highest BCUT2D eigenvalue weighted by molar-refractivity contribution is 6.31. The summed E-state index contributed by atoms with van der Waals surface area (Å²) in [7, 11) is 0. The third kappa shape index (κ3) is 2.29. The normalized spacial score (nSPS) is 15.7. The van der Waals surface area contributed by atoms with E-state index < -0.39 is 18.0 Å². The van der Waals surface area contributed by atoms with Crippen molar-refractivity contribution in [1.82, 2.24) is 0 Å². The van der Waals surface area contributed by atoms with E-state index in [1.165, 1.54) is 6.07 Å². The van der Waals surface area contributed by atoms with E-state index in [1.807, 2.05) is 6.92 Å². The van der Waals surface area contributed by atoms with Gasteiger partial charge in [-0.05, 0) is 24.6 Å². The van der Waals surface area contributed by atoms with Crippen LogP contribution in [-0.2, 0) is 4.79 Å². The number of benzene rings is 1. The maximum absolute atomic E-state index is 12.4. The molecule has 0 saturated carbocycles. The van der Waals surface area contributed by atoms with Crippen molar-refractivity contribution in [2.45, 2.75) is 19.8 Å². The first-order valence-electron chi connectivity index (χ1n) is 4.93. The summed E-state index contributed by atoms with van der Waals surface area (Å²) in [5.74, 6) is -0.472. The van der Waals surface area contributed by atoms with E-state index in [0.717, 1.165) is 10.6 Å². The number of rotatable bonds is 2. The Balaban J connectivity index is 2.34. The molecule has 0 atom stereocenters. The summed E-state index contributed by atoms with van der Waals surface area (Å²) < 4.78 is 24.8. The summed E-state index contributed by atoms with van der Waals surface area (Å²) in [5, 5.41) is 5.04. The number of anilines is 1. The zero-order chi connectivity index (χ0) is 12.6. The lowest BCUT2D eigenvalue weighted by molar-refractivity contribution is -0.117. The monoisotopic (exact) mass is 258 g/mol. The van der Waals surface area contributed by atoms with Gasteiger partial charge in [0, 0.05) is 5.02 Å². The fourth-order valence-corrected chi connectivity index (χ4v) is 1.66. The Kier molecular flexibility index (Phi) is 3.11. The van der Waals surface area contributed by atoms with Gasteiger partial charge in [-0.15, -0.1) is 0 Å². The Morgan fingerprint density at radius 2 is 2.18 bits per heavy atom. The molecule has 0 spiro atoms. The van der Waals surface area contributed by atoms with Crippen molar-refractivity contribution in [3.05, 3.63) is 28.8 Å². The molecule has 0 aromatic heterocycles. The summed E-state index contributed by atoms with van der Waals surface area (Å²) >= 11 is 5.90. The highest BCUT2D eigenvalue weighted by Crippen LogP contribution is 2.27. The summed E-state index contributed by atoms with van der Waals surface area (Å²) in [6.45, 7) is 1.81. The Bertz CT molecular complexity index is 502. The van der Waals surface area contributed by atoms with Gasteiger partial charge in [-0.3, -0.25) is 4.79 Å². The van der Waals surface area contributed by atoms with Gasteiger partial charge in [0.15, 0.2) is 0 Å². The molecule has 3 nitrogen and oxygen atoms in total. The number of amides is 1. The lowest BCUT2D eigenvalue weighted by atomic mass is 10.2. The number of alkyl halides is 2. The van der Waals surface area contributed by atoms with Gasteiger partial charge >= 0.3 is 0 Å². The highest BCUT2D eigenvalue weighted by Gasteiger charge is 2.30. The second-order valence-corrected chi connectivity index (χ2v) is 4.12. The lowest BCUT2D eigenvalue weighted by Crippen LogP contribution is -2.19. The first kappa shape index (κ1) is 12.0. The van der Waals surface area contributed by atoms with Crippen LogP contribution in [0.25, 0.3) is 0 Å². The third-order valence-corrected chi connectivity index (χ3v) is 2.86. The predicted molar refractivity (Wildman–Crippen MR) is 61.7 cm³/mol. The lowest BCUT2D eigenvalue weighted by Gasteiger charge is -2.12. The molecule has 0 aliphatic carbocycles. The molecule has 1 heterocycles. The van der Waals surface area contributed by atoms with Crippen LogP contribution in [0.15, 0.2) is 23.3 Å². The Hall–Kier alpha value is -1.49. The molecule has 0 fully saturated rings. The quantitative estimate of drug-likeness (QED) is 0.803. The number of hydrogen-bond acceptors (Lipinski definition) is 2. The summed E-state index contributed by atoms with van der Waals surface area (Å²) in [6, 6.07) is 4.87. The van der Waals surface area contributed by atoms with Crippen LogP contribution < -0.4 is 5.01 Å². The average molecular weight is 259 g/mol. The molecule has 0 unspecified atom stereocenters. The van der Waals surface area contributed by atoms with Crippen LogP contribution in [0, 0.1) is 6.92 Å². The molecular weight excluding hydrogens is 250 g/mol. The van der Waals surface area contributed by atoms with Gasteiger partial charge in [0.2, 0.25) is 0 Å². The van der Waals surface area contributed by atoms with Crippen molar-refractivity contribution < 1.29 is 13.6 Å². The molecule has 0 N–H and O–H groups in total. The molecule has 90 valence electrons. The molecule has 0 bridgehead atoms. The fraction of sp³-hybridized carbons (Fsp3) is 0.273. The molecule has 1 amide bonds. The Morgan fingerprint density at radius 1 is 1.47 bits per heavy atom.